The minimum absolute atomic E-state index is 0.0451. The zero-order valence-electron chi connectivity index (χ0n) is 10.8. The van der Waals surface area contributed by atoms with Gasteiger partial charge in [-0.1, -0.05) is 12.1 Å². The second kappa shape index (κ2) is 6.43. The highest BCUT2D eigenvalue weighted by Crippen LogP contribution is 2.27. The third-order valence-electron chi connectivity index (χ3n) is 2.73. The minimum Gasteiger partial charge on any atom is -0.497 e. The van der Waals surface area contributed by atoms with Crippen LogP contribution in [0.15, 0.2) is 47.4 Å². The van der Waals surface area contributed by atoms with Crippen molar-refractivity contribution in [2.75, 3.05) is 7.11 Å². The van der Waals surface area contributed by atoms with Crippen LogP contribution in [-0.4, -0.2) is 18.2 Å². The number of thioether (sulfide) groups is 1. The molecule has 0 aliphatic rings. The molecule has 2 aromatic carbocycles. The topological polar surface area (TPSA) is 46.5 Å². The number of benzene rings is 2. The van der Waals surface area contributed by atoms with Crippen molar-refractivity contribution in [2.24, 2.45) is 0 Å². The van der Waals surface area contributed by atoms with E-state index in [1.54, 1.807) is 7.11 Å². The summed E-state index contributed by atoms with van der Waals surface area (Å²) in [7, 11) is 1.60. The molecule has 0 aliphatic heterocycles. The molecule has 0 radical (unpaired) electrons. The molecule has 1 N–H and O–H groups in total. The van der Waals surface area contributed by atoms with E-state index in [9.17, 15) is 9.18 Å². The monoisotopic (exact) mass is 292 g/mol. The number of hydrogen-bond donors (Lipinski definition) is 1. The summed E-state index contributed by atoms with van der Waals surface area (Å²) in [4.78, 5) is 11.2. The Bertz CT molecular complexity index is 611. The lowest BCUT2D eigenvalue weighted by Crippen LogP contribution is -1.97. The summed E-state index contributed by atoms with van der Waals surface area (Å²) in [5, 5.41) is 8.77. The summed E-state index contributed by atoms with van der Waals surface area (Å²) >= 11 is 1.33. The molecule has 0 aliphatic carbocycles. The molecular weight excluding hydrogens is 279 g/mol. The fourth-order valence-corrected chi connectivity index (χ4v) is 2.51. The van der Waals surface area contributed by atoms with Crippen LogP contribution in [0.1, 0.15) is 15.9 Å². The van der Waals surface area contributed by atoms with Gasteiger partial charge in [0.2, 0.25) is 0 Å². The van der Waals surface area contributed by atoms with Gasteiger partial charge in [0.05, 0.1) is 12.7 Å². The lowest BCUT2D eigenvalue weighted by Gasteiger charge is -2.05. The highest BCUT2D eigenvalue weighted by Gasteiger charge is 2.08. The number of hydrogen-bond acceptors (Lipinski definition) is 3. The Morgan fingerprint density at radius 1 is 1.25 bits per heavy atom. The Kier molecular flexibility index (Phi) is 4.63. The van der Waals surface area contributed by atoms with Crippen LogP contribution in [0.5, 0.6) is 5.75 Å². The van der Waals surface area contributed by atoms with Crippen molar-refractivity contribution in [3.05, 3.63) is 59.4 Å². The lowest BCUT2D eigenvalue weighted by atomic mass is 10.2. The fraction of sp³-hybridized carbons (Fsp3) is 0.133. The van der Waals surface area contributed by atoms with Crippen LogP contribution in [0.2, 0.25) is 0 Å². The van der Waals surface area contributed by atoms with Crippen LogP contribution in [0, 0.1) is 5.82 Å². The highest BCUT2D eigenvalue weighted by atomic mass is 32.2. The number of rotatable bonds is 5. The average Bonchev–Trinajstić information content (AvgIpc) is 2.46. The maximum absolute atomic E-state index is 13.7. The summed E-state index contributed by atoms with van der Waals surface area (Å²) in [5.74, 6) is -0.261. The van der Waals surface area contributed by atoms with E-state index >= 15 is 0 Å². The van der Waals surface area contributed by atoms with E-state index in [0.717, 1.165) is 17.4 Å². The smallest absolute Gasteiger partial charge is 0.335 e. The molecule has 5 heteroatoms. The van der Waals surface area contributed by atoms with Crippen molar-refractivity contribution < 1.29 is 19.0 Å². The van der Waals surface area contributed by atoms with Gasteiger partial charge in [0.1, 0.15) is 11.6 Å². The molecule has 3 nitrogen and oxygen atoms in total. The maximum Gasteiger partial charge on any atom is 0.335 e. The van der Waals surface area contributed by atoms with Gasteiger partial charge < -0.3 is 9.84 Å². The first-order chi connectivity index (χ1) is 9.60. The van der Waals surface area contributed by atoms with Gasteiger partial charge in [0.25, 0.3) is 0 Å². The second-order valence-corrected chi connectivity index (χ2v) is 5.10. The number of ether oxygens (including phenoxy) is 1. The van der Waals surface area contributed by atoms with Gasteiger partial charge in [-0.3, -0.25) is 0 Å². The Labute approximate surface area is 120 Å². The molecule has 20 heavy (non-hydrogen) atoms. The molecular formula is C15H13FO3S. The van der Waals surface area contributed by atoms with Gasteiger partial charge in [-0.05, 0) is 35.9 Å². The van der Waals surface area contributed by atoms with Crippen molar-refractivity contribution in [3.8, 4) is 5.75 Å². The van der Waals surface area contributed by atoms with Gasteiger partial charge in [0.15, 0.2) is 0 Å². The quantitative estimate of drug-likeness (QED) is 0.851. The van der Waals surface area contributed by atoms with Gasteiger partial charge >= 0.3 is 5.97 Å². The van der Waals surface area contributed by atoms with E-state index in [2.05, 4.69) is 0 Å². The summed E-state index contributed by atoms with van der Waals surface area (Å²) in [6, 6.07) is 11.5. The largest absolute Gasteiger partial charge is 0.497 e. The number of carbonyl (C=O) groups is 1. The maximum atomic E-state index is 13.7. The summed E-state index contributed by atoms with van der Waals surface area (Å²) < 4.78 is 18.8. The third-order valence-corrected chi connectivity index (χ3v) is 3.85. The molecule has 0 atom stereocenters. The summed E-state index contributed by atoms with van der Waals surface area (Å²) in [5.41, 5.74) is 0.994. The number of methoxy groups -OCH3 is 1. The predicted octanol–water partition coefficient (Wildman–Crippen LogP) is 3.82. The third kappa shape index (κ3) is 3.51. The molecule has 0 saturated heterocycles. The molecule has 0 fully saturated rings. The standard InChI is InChI=1S/C15H13FO3S/c1-19-12-5-2-10(3-6-12)9-20-14-7-4-11(15(17)18)8-13(14)16/h2-8H,9H2,1H3,(H,17,18). The van der Waals surface area contributed by atoms with Crippen LogP contribution < -0.4 is 4.74 Å². The molecule has 104 valence electrons. The van der Waals surface area contributed by atoms with E-state index in [0.29, 0.717) is 10.6 Å². The predicted molar refractivity (Wildman–Crippen MR) is 75.9 cm³/mol. The first-order valence-corrected chi connectivity index (χ1v) is 6.87. The SMILES string of the molecule is COc1ccc(CSc2ccc(C(=O)O)cc2F)cc1. The molecule has 0 bridgehead atoms. The van der Waals surface area contributed by atoms with Crippen molar-refractivity contribution in [1.82, 2.24) is 0 Å². The molecule has 0 unspecified atom stereocenters. The van der Waals surface area contributed by atoms with E-state index < -0.39 is 11.8 Å². The summed E-state index contributed by atoms with van der Waals surface area (Å²) in [6.45, 7) is 0. The van der Waals surface area contributed by atoms with Gasteiger partial charge in [-0.15, -0.1) is 11.8 Å². The minimum atomic E-state index is -1.13. The molecule has 2 rings (SSSR count). The number of carboxylic acid groups (broad SMARTS) is 1. The van der Waals surface area contributed by atoms with E-state index in [4.69, 9.17) is 9.84 Å². The van der Waals surface area contributed by atoms with Crippen LogP contribution >= 0.6 is 11.8 Å². The first kappa shape index (κ1) is 14.4. The van der Waals surface area contributed by atoms with Crippen molar-refractivity contribution in [1.29, 1.82) is 0 Å². The van der Waals surface area contributed by atoms with Crippen LogP contribution in [-0.2, 0) is 5.75 Å². The molecule has 2 aromatic rings. The van der Waals surface area contributed by atoms with Crippen LogP contribution in [0.25, 0.3) is 0 Å². The van der Waals surface area contributed by atoms with Gasteiger partial charge in [0, 0.05) is 10.6 Å². The van der Waals surface area contributed by atoms with Gasteiger partial charge in [-0.2, -0.15) is 0 Å². The molecule has 0 aromatic heterocycles. The Morgan fingerprint density at radius 3 is 2.50 bits per heavy atom. The number of carboxylic acids is 1. The van der Waals surface area contributed by atoms with E-state index in [-0.39, 0.29) is 5.56 Å². The number of halogens is 1. The molecule has 0 saturated carbocycles. The van der Waals surface area contributed by atoms with Crippen molar-refractivity contribution >= 4 is 17.7 Å². The zero-order valence-corrected chi connectivity index (χ0v) is 11.6. The Hall–Kier alpha value is -2.01. The summed E-state index contributed by atoms with van der Waals surface area (Å²) in [6.07, 6.45) is 0. The van der Waals surface area contributed by atoms with E-state index in [1.807, 2.05) is 24.3 Å². The molecule has 0 heterocycles. The highest BCUT2D eigenvalue weighted by molar-refractivity contribution is 7.98. The normalized spacial score (nSPS) is 10.3. The van der Waals surface area contributed by atoms with Crippen molar-refractivity contribution in [3.63, 3.8) is 0 Å². The van der Waals surface area contributed by atoms with Crippen molar-refractivity contribution in [2.45, 2.75) is 10.6 Å². The van der Waals surface area contributed by atoms with Crippen LogP contribution in [0.3, 0.4) is 0 Å². The average molecular weight is 292 g/mol. The molecule has 0 spiro atoms. The van der Waals surface area contributed by atoms with Gasteiger partial charge in [-0.25, -0.2) is 9.18 Å². The number of aromatic carboxylic acids is 1. The van der Waals surface area contributed by atoms with E-state index in [1.165, 1.54) is 23.9 Å². The second-order valence-electron chi connectivity index (χ2n) is 4.09. The fourth-order valence-electron chi connectivity index (χ4n) is 1.63. The zero-order chi connectivity index (χ0) is 14.5. The lowest BCUT2D eigenvalue weighted by molar-refractivity contribution is 0.0696. The molecule has 0 amide bonds. The first-order valence-electron chi connectivity index (χ1n) is 5.88. The Morgan fingerprint density at radius 2 is 1.95 bits per heavy atom. The van der Waals surface area contributed by atoms with Crippen LogP contribution in [0.4, 0.5) is 4.39 Å². The Balaban J connectivity index is 2.04.